The van der Waals surface area contributed by atoms with Gasteiger partial charge in [0.2, 0.25) is 5.91 Å². The van der Waals surface area contributed by atoms with Crippen LogP contribution in [0, 0.1) is 5.92 Å². The summed E-state index contributed by atoms with van der Waals surface area (Å²) in [5.74, 6) is -1.76. The number of likely N-dealkylation sites (tertiary alicyclic amines) is 1. The number of aromatic nitrogens is 2. The Bertz CT molecular complexity index is 481. The van der Waals surface area contributed by atoms with Gasteiger partial charge in [-0.15, -0.1) is 0 Å². The molecule has 1 aliphatic heterocycles. The van der Waals surface area contributed by atoms with Crippen LogP contribution < -0.4 is 0 Å². The second-order valence-electron chi connectivity index (χ2n) is 4.95. The van der Waals surface area contributed by atoms with Gasteiger partial charge in [0.1, 0.15) is 0 Å². The van der Waals surface area contributed by atoms with E-state index in [1.807, 2.05) is 20.0 Å². The number of nitrogens with zero attached hydrogens (tertiary/aromatic N) is 3. The van der Waals surface area contributed by atoms with Gasteiger partial charge in [-0.05, 0) is 13.8 Å². The van der Waals surface area contributed by atoms with Crippen LogP contribution in [0.5, 0.6) is 0 Å². The van der Waals surface area contributed by atoms with Crippen molar-refractivity contribution in [2.75, 3.05) is 7.05 Å². The highest BCUT2D eigenvalue weighted by atomic mass is 16.4. The van der Waals surface area contributed by atoms with E-state index in [-0.39, 0.29) is 18.4 Å². The van der Waals surface area contributed by atoms with Gasteiger partial charge in [-0.25, -0.2) is 0 Å². The summed E-state index contributed by atoms with van der Waals surface area (Å²) < 4.78 is 1.77. The zero-order valence-electron chi connectivity index (χ0n) is 10.7. The van der Waals surface area contributed by atoms with E-state index in [2.05, 4.69) is 5.10 Å². The minimum Gasteiger partial charge on any atom is -0.481 e. The minimum absolute atomic E-state index is 0.0589. The van der Waals surface area contributed by atoms with Crippen LogP contribution in [0.15, 0.2) is 12.4 Å². The smallest absolute Gasteiger partial charge is 0.309 e. The Hall–Kier alpha value is -1.85. The Labute approximate surface area is 105 Å². The number of rotatable bonds is 3. The molecule has 1 fully saturated rings. The fraction of sp³-hybridized carbons (Fsp3) is 0.583. The summed E-state index contributed by atoms with van der Waals surface area (Å²) in [6.07, 6.45) is 3.53. The van der Waals surface area contributed by atoms with Gasteiger partial charge in [-0.3, -0.25) is 14.3 Å². The first-order valence-corrected chi connectivity index (χ1v) is 5.94. The quantitative estimate of drug-likeness (QED) is 0.871. The third-order valence-corrected chi connectivity index (χ3v) is 3.40. The maximum absolute atomic E-state index is 11.6. The van der Waals surface area contributed by atoms with E-state index in [9.17, 15) is 14.7 Å². The van der Waals surface area contributed by atoms with Gasteiger partial charge in [-0.2, -0.15) is 5.10 Å². The van der Waals surface area contributed by atoms with Crippen LogP contribution in [0.1, 0.15) is 37.9 Å². The Morgan fingerprint density at radius 1 is 1.56 bits per heavy atom. The highest BCUT2D eigenvalue weighted by Gasteiger charge is 2.43. The number of hydrogen-bond donors (Lipinski definition) is 1. The Morgan fingerprint density at radius 2 is 2.22 bits per heavy atom. The van der Waals surface area contributed by atoms with Gasteiger partial charge in [0.25, 0.3) is 0 Å². The zero-order valence-corrected chi connectivity index (χ0v) is 10.7. The Kier molecular flexibility index (Phi) is 3.11. The number of aliphatic carboxylic acids is 1. The molecule has 0 aromatic carbocycles. The highest BCUT2D eigenvalue weighted by Crippen LogP contribution is 2.37. The lowest BCUT2D eigenvalue weighted by molar-refractivity contribution is -0.142. The molecule has 2 heterocycles. The fourth-order valence-electron chi connectivity index (χ4n) is 2.33. The van der Waals surface area contributed by atoms with E-state index in [0.29, 0.717) is 0 Å². The molecule has 6 heteroatoms. The molecule has 18 heavy (non-hydrogen) atoms. The van der Waals surface area contributed by atoms with Crippen LogP contribution in [0.2, 0.25) is 0 Å². The third kappa shape index (κ3) is 1.98. The van der Waals surface area contributed by atoms with E-state index in [1.54, 1.807) is 17.9 Å². The second kappa shape index (κ2) is 4.44. The average Bonchev–Trinajstić information content (AvgIpc) is 2.85. The van der Waals surface area contributed by atoms with E-state index >= 15 is 0 Å². The summed E-state index contributed by atoms with van der Waals surface area (Å²) in [4.78, 5) is 24.4. The Morgan fingerprint density at radius 3 is 2.72 bits per heavy atom. The van der Waals surface area contributed by atoms with Crippen molar-refractivity contribution in [3.63, 3.8) is 0 Å². The van der Waals surface area contributed by atoms with Gasteiger partial charge >= 0.3 is 5.97 Å². The predicted molar refractivity (Wildman–Crippen MR) is 63.9 cm³/mol. The lowest BCUT2D eigenvalue weighted by atomic mass is 9.96. The summed E-state index contributed by atoms with van der Waals surface area (Å²) in [5, 5.41) is 13.4. The monoisotopic (exact) mass is 251 g/mol. The first-order chi connectivity index (χ1) is 8.41. The van der Waals surface area contributed by atoms with Crippen LogP contribution in [-0.2, 0) is 9.59 Å². The minimum atomic E-state index is -0.935. The molecule has 2 atom stereocenters. The van der Waals surface area contributed by atoms with Crippen LogP contribution >= 0.6 is 0 Å². The average molecular weight is 251 g/mol. The van der Waals surface area contributed by atoms with Gasteiger partial charge in [-0.1, -0.05) is 0 Å². The SMILES string of the molecule is CC(C)n1cc(C2C(C(=O)O)CC(=O)N2C)cn1. The van der Waals surface area contributed by atoms with Gasteiger partial charge in [0, 0.05) is 31.3 Å². The van der Waals surface area contributed by atoms with Crippen LogP contribution in [-0.4, -0.2) is 38.7 Å². The summed E-state index contributed by atoms with van der Waals surface area (Å²) >= 11 is 0. The molecule has 0 spiro atoms. The van der Waals surface area contributed by atoms with Crippen molar-refractivity contribution < 1.29 is 14.7 Å². The number of carboxylic acid groups (broad SMARTS) is 1. The number of carbonyl (C=O) groups excluding carboxylic acids is 1. The number of carbonyl (C=O) groups is 2. The number of amides is 1. The summed E-state index contributed by atoms with van der Waals surface area (Å²) in [6.45, 7) is 3.99. The zero-order chi connectivity index (χ0) is 13.4. The largest absolute Gasteiger partial charge is 0.481 e. The molecule has 2 rings (SSSR count). The normalized spacial score (nSPS) is 24.0. The molecule has 1 saturated heterocycles. The fourth-order valence-corrected chi connectivity index (χ4v) is 2.33. The third-order valence-electron chi connectivity index (χ3n) is 3.40. The van der Waals surface area contributed by atoms with Crippen LogP contribution in [0.25, 0.3) is 0 Å². The molecule has 0 saturated carbocycles. The van der Waals surface area contributed by atoms with Crippen LogP contribution in [0.3, 0.4) is 0 Å². The van der Waals surface area contributed by atoms with Gasteiger partial charge in [0.15, 0.2) is 0 Å². The van der Waals surface area contributed by atoms with Crippen molar-refractivity contribution in [1.29, 1.82) is 0 Å². The molecule has 2 unspecified atom stereocenters. The molecule has 0 bridgehead atoms. The molecule has 0 radical (unpaired) electrons. The Balaban J connectivity index is 2.33. The van der Waals surface area contributed by atoms with Crippen molar-refractivity contribution in [2.24, 2.45) is 5.92 Å². The molecule has 0 aliphatic carbocycles. The molecule has 1 aromatic heterocycles. The molecule has 98 valence electrons. The maximum Gasteiger partial charge on any atom is 0.309 e. The number of carboxylic acids is 1. The molecule has 6 nitrogen and oxygen atoms in total. The lowest BCUT2D eigenvalue weighted by Crippen LogP contribution is -2.26. The van der Waals surface area contributed by atoms with Crippen molar-refractivity contribution in [3.05, 3.63) is 18.0 Å². The lowest BCUT2D eigenvalue weighted by Gasteiger charge is -2.21. The predicted octanol–water partition coefficient (Wildman–Crippen LogP) is 1.07. The topological polar surface area (TPSA) is 75.4 Å². The van der Waals surface area contributed by atoms with E-state index in [4.69, 9.17) is 0 Å². The first-order valence-electron chi connectivity index (χ1n) is 5.94. The summed E-state index contributed by atoms with van der Waals surface area (Å²) in [5.41, 5.74) is 0.782. The number of hydrogen-bond acceptors (Lipinski definition) is 3. The highest BCUT2D eigenvalue weighted by molar-refractivity contribution is 5.87. The van der Waals surface area contributed by atoms with Gasteiger partial charge < -0.3 is 10.0 Å². The summed E-state index contributed by atoms with van der Waals surface area (Å²) in [7, 11) is 1.64. The standard InChI is InChI=1S/C12H17N3O3/c1-7(2)15-6-8(5-13-15)11-9(12(17)18)4-10(16)14(11)3/h5-7,9,11H,4H2,1-3H3,(H,17,18). The van der Waals surface area contributed by atoms with Crippen molar-refractivity contribution >= 4 is 11.9 Å². The summed E-state index contributed by atoms with van der Waals surface area (Å²) in [6, 6.07) is -0.202. The van der Waals surface area contributed by atoms with Crippen LogP contribution in [0.4, 0.5) is 0 Å². The van der Waals surface area contributed by atoms with E-state index < -0.39 is 17.9 Å². The second-order valence-corrected chi connectivity index (χ2v) is 4.95. The maximum atomic E-state index is 11.6. The van der Waals surface area contributed by atoms with E-state index in [1.165, 1.54) is 4.90 Å². The van der Waals surface area contributed by atoms with Gasteiger partial charge in [0.05, 0.1) is 18.2 Å². The molecule has 1 aromatic rings. The van der Waals surface area contributed by atoms with Crippen molar-refractivity contribution in [2.45, 2.75) is 32.4 Å². The van der Waals surface area contributed by atoms with Crippen molar-refractivity contribution in [3.8, 4) is 0 Å². The molecular formula is C12H17N3O3. The molecular weight excluding hydrogens is 234 g/mol. The van der Waals surface area contributed by atoms with E-state index in [0.717, 1.165) is 5.56 Å². The van der Waals surface area contributed by atoms with Crippen molar-refractivity contribution in [1.82, 2.24) is 14.7 Å². The molecule has 1 amide bonds. The molecule has 1 aliphatic rings. The first kappa shape index (κ1) is 12.6. The molecule has 1 N–H and O–H groups in total.